The fourth-order valence-corrected chi connectivity index (χ4v) is 1.85. The molecule has 2 atom stereocenters. The van der Waals surface area contributed by atoms with Crippen molar-refractivity contribution in [1.82, 2.24) is 5.32 Å². The summed E-state index contributed by atoms with van der Waals surface area (Å²) in [6.45, 7) is 1.63. The number of halogens is 1. The first-order chi connectivity index (χ1) is 9.52. The van der Waals surface area contributed by atoms with Crippen LogP contribution in [0.5, 0.6) is 0 Å². The van der Waals surface area contributed by atoms with E-state index >= 15 is 0 Å². The second kappa shape index (κ2) is 10.2. The van der Waals surface area contributed by atoms with E-state index in [0.717, 1.165) is 5.56 Å². The number of hydrogen-bond acceptors (Lipinski definition) is 4. The van der Waals surface area contributed by atoms with Gasteiger partial charge in [-0.05, 0) is 25.3 Å². The Kier molecular flexibility index (Phi) is 9.41. The highest BCUT2D eigenvalue weighted by Gasteiger charge is 2.17. The molecule has 0 fully saturated rings. The van der Waals surface area contributed by atoms with E-state index < -0.39 is 6.04 Å². The molecule has 118 valence electrons. The fourth-order valence-electron chi connectivity index (χ4n) is 1.85. The number of nitrogens with two attached hydrogens (primary N) is 1. The van der Waals surface area contributed by atoms with Crippen LogP contribution in [-0.4, -0.2) is 31.1 Å². The van der Waals surface area contributed by atoms with Crippen molar-refractivity contribution >= 4 is 24.3 Å². The average molecular weight is 315 g/mol. The first-order valence-electron chi connectivity index (χ1n) is 6.69. The number of esters is 1. The van der Waals surface area contributed by atoms with Crippen molar-refractivity contribution in [3.63, 3.8) is 0 Å². The van der Waals surface area contributed by atoms with E-state index in [2.05, 4.69) is 10.1 Å². The molecule has 1 aromatic carbocycles. The van der Waals surface area contributed by atoms with Crippen LogP contribution in [0, 0.1) is 0 Å². The Balaban J connectivity index is 0.00000400. The molecule has 0 saturated carbocycles. The number of benzene rings is 1. The monoisotopic (exact) mass is 314 g/mol. The molecule has 0 spiro atoms. The third-order valence-corrected chi connectivity index (χ3v) is 3.01. The van der Waals surface area contributed by atoms with Gasteiger partial charge >= 0.3 is 5.97 Å². The number of carbonyl (C=O) groups is 2. The molecule has 1 aromatic rings. The highest BCUT2D eigenvalue weighted by atomic mass is 35.5. The zero-order valence-corrected chi connectivity index (χ0v) is 13.2. The van der Waals surface area contributed by atoms with Crippen molar-refractivity contribution in [2.45, 2.75) is 38.3 Å². The van der Waals surface area contributed by atoms with E-state index in [1.165, 1.54) is 7.11 Å². The smallest absolute Gasteiger partial charge is 0.305 e. The Bertz CT molecular complexity index is 438. The summed E-state index contributed by atoms with van der Waals surface area (Å²) in [4.78, 5) is 22.9. The Hall–Kier alpha value is -1.59. The molecule has 3 N–H and O–H groups in total. The molecule has 0 radical (unpaired) electrons. The normalized spacial score (nSPS) is 12.7. The van der Waals surface area contributed by atoms with Gasteiger partial charge in [0.2, 0.25) is 5.91 Å². The number of amides is 1. The molecule has 0 aromatic heterocycles. The first kappa shape index (κ1) is 19.4. The minimum Gasteiger partial charge on any atom is -0.469 e. The van der Waals surface area contributed by atoms with Crippen LogP contribution in [0.1, 0.15) is 25.3 Å². The van der Waals surface area contributed by atoms with Gasteiger partial charge in [-0.2, -0.15) is 0 Å². The van der Waals surface area contributed by atoms with Crippen molar-refractivity contribution in [1.29, 1.82) is 0 Å². The predicted molar refractivity (Wildman–Crippen MR) is 84.2 cm³/mol. The number of methoxy groups -OCH3 is 1. The van der Waals surface area contributed by atoms with Crippen molar-refractivity contribution in [2.75, 3.05) is 7.11 Å². The molecular weight excluding hydrogens is 292 g/mol. The minimum atomic E-state index is -0.564. The lowest BCUT2D eigenvalue weighted by Gasteiger charge is -2.19. The van der Waals surface area contributed by atoms with Gasteiger partial charge in [-0.3, -0.25) is 9.59 Å². The zero-order chi connectivity index (χ0) is 15.0. The molecule has 1 rings (SSSR count). The third kappa shape index (κ3) is 7.68. The number of rotatable bonds is 7. The summed E-state index contributed by atoms with van der Waals surface area (Å²) in [5.74, 6) is -0.492. The number of nitrogens with one attached hydrogen (secondary N) is 1. The van der Waals surface area contributed by atoms with Crippen molar-refractivity contribution in [3.8, 4) is 0 Å². The summed E-state index contributed by atoms with van der Waals surface area (Å²) < 4.78 is 4.63. The molecule has 0 bridgehead atoms. The van der Waals surface area contributed by atoms with Crippen molar-refractivity contribution in [3.05, 3.63) is 35.9 Å². The van der Waals surface area contributed by atoms with Gasteiger partial charge in [0.15, 0.2) is 0 Å². The highest BCUT2D eigenvalue weighted by Crippen LogP contribution is 2.08. The van der Waals surface area contributed by atoms with Crippen LogP contribution >= 0.6 is 12.4 Å². The van der Waals surface area contributed by atoms with E-state index in [4.69, 9.17) is 5.73 Å². The van der Waals surface area contributed by atoms with Crippen LogP contribution in [0.25, 0.3) is 0 Å². The lowest BCUT2D eigenvalue weighted by molar-refractivity contribution is -0.141. The molecule has 0 aliphatic carbocycles. The van der Waals surface area contributed by atoms with Gasteiger partial charge in [0.1, 0.15) is 0 Å². The molecule has 21 heavy (non-hydrogen) atoms. The molecule has 1 amide bonds. The van der Waals surface area contributed by atoms with Gasteiger partial charge in [-0.1, -0.05) is 30.3 Å². The third-order valence-electron chi connectivity index (χ3n) is 3.01. The van der Waals surface area contributed by atoms with Crippen LogP contribution in [0.15, 0.2) is 30.3 Å². The maximum atomic E-state index is 11.7. The molecule has 0 aliphatic rings. The lowest BCUT2D eigenvalue weighted by Crippen LogP contribution is -2.45. The maximum absolute atomic E-state index is 11.7. The molecule has 2 unspecified atom stereocenters. The van der Waals surface area contributed by atoms with Gasteiger partial charge in [-0.25, -0.2) is 0 Å². The molecule has 5 nitrogen and oxygen atoms in total. The molecule has 6 heteroatoms. The number of carbonyl (C=O) groups excluding carboxylic acids is 2. The standard InChI is InChI=1S/C15H22N2O3.ClH/c1-11(16)15(19)17-13(8-9-14(18)20-2)10-12-6-4-3-5-7-12;/h3-7,11,13H,8-10,16H2,1-2H3,(H,17,19);1H. The van der Waals surface area contributed by atoms with E-state index in [9.17, 15) is 9.59 Å². The number of hydrogen-bond donors (Lipinski definition) is 2. The van der Waals surface area contributed by atoms with Gasteiger partial charge in [0, 0.05) is 12.5 Å². The molecule has 0 aliphatic heterocycles. The van der Waals surface area contributed by atoms with Gasteiger partial charge in [0.25, 0.3) is 0 Å². The maximum Gasteiger partial charge on any atom is 0.305 e. The summed E-state index contributed by atoms with van der Waals surface area (Å²) in [5.41, 5.74) is 6.66. The Morgan fingerprint density at radius 3 is 2.43 bits per heavy atom. The quantitative estimate of drug-likeness (QED) is 0.746. The topological polar surface area (TPSA) is 81.4 Å². The van der Waals surface area contributed by atoms with Crippen LogP contribution in [-0.2, 0) is 20.7 Å². The van der Waals surface area contributed by atoms with Crippen LogP contribution in [0.4, 0.5) is 0 Å². The van der Waals surface area contributed by atoms with E-state index in [1.54, 1.807) is 6.92 Å². The second-order valence-electron chi connectivity index (χ2n) is 4.80. The van der Waals surface area contributed by atoms with Crippen LogP contribution in [0.2, 0.25) is 0 Å². The van der Waals surface area contributed by atoms with E-state index in [-0.39, 0.29) is 36.7 Å². The van der Waals surface area contributed by atoms with Crippen molar-refractivity contribution < 1.29 is 14.3 Å². The Labute approximate surface area is 131 Å². The van der Waals surface area contributed by atoms with E-state index in [1.807, 2.05) is 30.3 Å². The minimum absolute atomic E-state index is 0. The summed E-state index contributed by atoms with van der Waals surface area (Å²) in [5, 5.41) is 2.87. The van der Waals surface area contributed by atoms with Crippen LogP contribution < -0.4 is 11.1 Å². The molecular formula is C15H23ClN2O3. The molecule has 0 saturated heterocycles. The summed E-state index contributed by atoms with van der Waals surface area (Å²) >= 11 is 0. The first-order valence-corrected chi connectivity index (χ1v) is 6.69. The predicted octanol–water partition coefficient (Wildman–Crippen LogP) is 1.44. The summed E-state index contributed by atoms with van der Waals surface area (Å²) in [6, 6.07) is 9.11. The van der Waals surface area contributed by atoms with Gasteiger partial charge in [-0.15, -0.1) is 12.4 Å². The lowest BCUT2D eigenvalue weighted by atomic mass is 10.0. The van der Waals surface area contributed by atoms with Gasteiger partial charge < -0.3 is 15.8 Å². The number of ether oxygens (including phenoxy) is 1. The largest absolute Gasteiger partial charge is 0.469 e. The van der Waals surface area contributed by atoms with Gasteiger partial charge in [0.05, 0.1) is 13.2 Å². The van der Waals surface area contributed by atoms with Crippen molar-refractivity contribution in [2.24, 2.45) is 5.73 Å². The zero-order valence-electron chi connectivity index (χ0n) is 12.4. The summed E-state index contributed by atoms with van der Waals surface area (Å²) in [7, 11) is 1.36. The second-order valence-corrected chi connectivity index (χ2v) is 4.80. The molecule has 0 heterocycles. The Morgan fingerprint density at radius 2 is 1.90 bits per heavy atom. The SMILES string of the molecule is COC(=O)CCC(Cc1ccccc1)NC(=O)C(C)N.Cl. The Morgan fingerprint density at radius 1 is 1.29 bits per heavy atom. The van der Waals surface area contributed by atoms with Crippen LogP contribution in [0.3, 0.4) is 0 Å². The average Bonchev–Trinajstić information content (AvgIpc) is 2.45. The fraction of sp³-hybridized carbons (Fsp3) is 0.467. The highest BCUT2D eigenvalue weighted by molar-refractivity contribution is 5.85. The van der Waals surface area contributed by atoms with E-state index in [0.29, 0.717) is 12.8 Å². The summed E-state index contributed by atoms with van der Waals surface area (Å²) in [6.07, 6.45) is 1.46.